The van der Waals surface area contributed by atoms with Crippen LogP contribution < -0.4 is 11.1 Å². The van der Waals surface area contributed by atoms with E-state index >= 15 is 0 Å². The molecule has 0 heterocycles. The van der Waals surface area contributed by atoms with Crippen molar-refractivity contribution >= 4 is 28.9 Å². The second-order valence-corrected chi connectivity index (χ2v) is 3.82. The molecule has 1 rings (SSSR count). The highest BCUT2D eigenvalue weighted by Crippen LogP contribution is 2.23. The molecule has 0 saturated heterocycles. The Morgan fingerprint density at radius 2 is 2.27 bits per heavy atom. The van der Waals surface area contributed by atoms with E-state index in [2.05, 4.69) is 5.32 Å². The van der Waals surface area contributed by atoms with Crippen LogP contribution in [0.3, 0.4) is 0 Å². The molecule has 1 aromatic rings. The molecule has 3 N–H and O–H groups in total. The summed E-state index contributed by atoms with van der Waals surface area (Å²) in [6.45, 7) is 2.04. The van der Waals surface area contributed by atoms with Gasteiger partial charge in [0.1, 0.15) is 0 Å². The summed E-state index contributed by atoms with van der Waals surface area (Å²) in [5.74, 6) is -0.0224. The summed E-state index contributed by atoms with van der Waals surface area (Å²) in [5.41, 5.74) is 6.81. The Kier molecular flexibility index (Phi) is 4.43. The van der Waals surface area contributed by atoms with Crippen LogP contribution in [0.5, 0.6) is 0 Å². The fourth-order valence-corrected chi connectivity index (χ4v) is 1.36. The highest BCUT2D eigenvalue weighted by atomic mass is 35.5. The molecular formula is C11H15ClN2O. The third-order valence-corrected chi connectivity index (χ3v) is 2.28. The molecule has 4 heteroatoms. The lowest BCUT2D eigenvalue weighted by molar-refractivity contribution is -0.116. The number of rotatable bonds is 4. The van der Waals surface area contributed by atoms with Crippen molar-refractivity contribution in [3.05, 3.63) is 23.2 Å². The van der Waals surface area contributed by atoms with Gasteiger partial charge in [-0.2, -0.15) is 0 Å². The first-order chi connectivity index (χ1) is 7.13. The Balaban J connectivity index is 2.63. The molecule has 0 aliphatic heterocycles. The molecule has 0 aromatic heterocycles. The Bertz CT molecular complexity index is 352. The number of halogens is 1. The van der Waals surface area contributed by atoms with E-state index in [-0.39, 0.29) is 5.91 Å². The van der Waals surface area contributed by atoms with Crippen LogP contribution in [0, 0.1) is 0 Å². The van der Waals surface area contributed by atoms with Gasteiger partial charge < -0.3 is 11.1 Å². The maximum atomic E-state index is 11.4. The van der Waals surface area contributed by atoms with Crippen molar-refractivity contribution in [2.24, 2.45) is 0 Å². The number of benzene rings is 1. The number of carbonyl (C=O) groups excluding carboxylic acids is 1. The van der Waals surface area contributed by atoms with Gasteiger partial charge in [0.2, 0.25) is 5.91 Å². The van der Waals surface area contributed by atoms with Crippen molar-refractivity contribution in [1.82, 2.24) is 0 Å². The van der Waals surface area contributed by atoms with E-state index in [1.807, 2.05) is 6.92 Å². The topological polar surface area (TPSA) is 55.1 Å². The molecule has 0 bridgehead atoms. The zero-order valence-electron chi connectivity index (χ0n) is 8.72. The van der Waals surface area contributed by atoms with Crippen LogP contribution in [0.15, 0.2) is 18.2 Å². The first-order valence-electron chi connectivity index (χ1n) is 4.98. The lowest BCUT2D eigenvalue weighted by Crippen LogP contribution is -2.12. The quantitative estimate of drug-likeness (QED) is 0.776. The molecule has 0 unspecified atom stereocenters. The van der Waals surface area contributed by atoms with Crippen molar-refractivity contribution < 1.29 is 4.79 Å². The number of nitrogens with two attached hydrogens (primary N) is 1. The maximum absolute atomic E-state index is 11.4. The summed E-state index contributed by atoms with van der Waals surface area (Å²) >= 11 is 5.80. The number of nitrogen functional groups attached to an aromatic ring is 1. The highest BCUT2D eigenvalue weighted by Gasteiger charge is 2.04. The smallest absolute Gasteiger partial charge is 0.224 e. The summed E-state index contributed by atoms with van der Waals surface area (Å²) in [7, 11) is 0. The Hall–Kier alpha value is -1.22. The van der Waals surface area contributed by atoms with Crippen LogP contribution in [0.1, 0.15) is 26.2 Å². The van der Waals surface area contributed by atoms with Crippen LogP contribution in [-0.2, 0) is 4.79 Å². The fraction of sp³-hybridized carbons (Fsp3) is 0.364. The molecule has 0 aliphatic rings. The van der Waals surface area contributed by atoms with Gasteiger partial charge in [0, 0.05) is 11.4 Å². The molecule has 1 amide bonds. The largest absolute Gasteiger partial charge is 0.397 e. The number of hydrogen-bond acceptors (Lipinski definition) is 2. The molecule has 3 nitrogen and oxygen atoms in total. The minimum atomic E-state index is -0.0224. The molecule has 0 atom stereocenters. The van der Waals surface area contributed by atoms with Gasteiger partial charge in [0.15, 0.2) is 0 Å². The summed E-state index contributed by atoms with van der Waals surface area (Å²) < 4.78 is 0. The van der Waals surface area contributed by atoms with Gasteiger partial charge in [0.05, 0.1) is 11.4 Å². The monoisotopic (exact) mass is 226 g/mol. The maximum Gasteiger partial charge on any atom is 0.224 e. The van der Waals surface area contributed by atoms with Crippen LogP contribution in [-0.4, -0.2) is 5.91 Å². The van der Waals surface area contributed by atoms with Gasteiger partial charge >= 0.3 is 0 Å². The Labute approximate surface area is 94.6 Å². The molecular weight excluding hydrogens is 212 g/mol. The first kappa shape index (κ1) is 11.9. The number of nitrogens with one attached hydrogen (secondary N) is 1. The third-order valence-electron chi connectivity index (χ3n) is 2.05. The van der Waals surface area contributed by atoms with E-state index < -0.39 is 0 Å². The van der Waals surface area contributed by atoms with Gasteiger partial charge in [-0.25, -0.2) is 0 Å². The van der Waals surface area contributed by atoms with Crippen LogP contribution in [0.2, 0.25) is 5.02 Å². The molecule has 0 spiro atoms. The minimum absolute atomic E-state index is 0.0224. The van der Waals surface area contributed by atoms with Crippen LogP contribution >= 0.6 is 11.6 Å². The van der Waals surface area contributed by atoms with E-state index in [0.717, 1.165) is 12.8 Å². The number of hydrogen-bond donors (Lipinski definition) is 2. The summed E-state index contributed by atoms with van der Waals surface area (Å²) in [6.07, 6.45) is 2.40. The van der Waals surface area contributed by atoms with Crippen molar-refractivity contribution in [2.45, 2.75) is 26.2 Å². The van der Waals surface area contributed by atoms with Crippen molar-refractivity contribution in [2.75, 3.05) is 11.1 Å². The molecule has 0 fully saturated rings. The molecule has 0 aliphatic carbocycles. The van der Waals surface area contributed by atoms with Crippen LogP contribution in [0.4, 0.5) is 11.4 Å². The molecule has 0 radical (unpaired) electrons. The van der Waals surface area contributed by atoms with E-state index in [0.29, 0.717) is 22.8 Å². The number of unbranched alkanes of at least 4 members (excludes halogenated alkanes) is 1. The van der Waals surface area contributed by atoms with Crippen molar-refractivity contribution in [3.8, 4) is 0 Å². The van der Waals surface area contributed by atoms with Gasteiger partial charge in [-0.3, -0.25) is 4.79 Å². The van der Waals surface area contributed by atoms with Gasteiger partial charge in [-0.15, -0.1) is 0 Å². The normalized spacial score (nSPS) is 10.0. The number of carbonyl (C=O) groups is 1. The van der Waals surface area contributed by atoms with Gasteiger partial charge in [-0.05, 0) is 24.6 Å². The third kappa shape index (κ3) is 3.80. The number of anilines is 2. The van der Waals surface area contributed by atoms with E-state index in [9.17, 15) is 4.79 Å². The Morgan fingerprint density at radius 1 is 1.53 bits per heavy atom. The van der Waals surface area contributed by atoms with E-state index in [1.54, 1.807) is 18.2 Å². The van der Waals surface area contributed by atoms with Crippen LogP contribution in [0.25, 0.3) is 0 Å². The van der Waals surface area contributed by atoms with Gasteiger partial charge in [0.25, 0.3) is 0 Å². The minimum Gasteiger partial charge on any atom is -0.397 e. The highest BCUT2D eigenvalue weighted by molar-refractivity contribution is 6.31. The van der Waals surface area contributed by atoms with E-state index in [4.69, 9.17) is 17.3 Å². The second-order valence-electron chi connectivity index (χ2n) is 3.38. The molecule has 1 aromatic carbocycles. The average Bonchev–Trinajstić information content (AvgIpc) is 2.20. The molecule has 82 valence electrons. The number of amides is 1. The lowest BCUT2D eigenvalue weighted by atomic mass is 10.2. The van der Waals surface area contributed by atoms with E-state index in [1.165, 1.54) is 0 Å². The summed E-state index contributed by atoms with van der Waals surface area (Å²) in [5, 5.41) is 3.30. The average molecular weight is 227 g/mol. The Morgan fingerprint density at radius 3 is 2.93 bits per heavy atom. The van der Waals surface area contributed by atoms with Crippen molar-refractivity contribution in [3.63, 3.8) is 0 Å². The fourth-order valence-electron chi connectivity index (χ4n) is 1.19. The SMILES string of the molecule is CCCCC(=O)Nc1cc(Cl)ccc1N. The summed E-state index contributed by atoms with van der Waals surface area (Å²) in [4.78, 5) is 11.4. The standard InChI is InChI=1S/C11H15ClN2O/c1-2-3-4-11(15)14-10-7-8(12)5-6-9(10)13/h5-7H,2-4,13H2,1H3,(H,14,15). The predicted molar refractivity (Wildman–Crippen MR) is 64.0 cm³/mol. The first-order valence-corrected chi connectivity index (χ1v) is 5.36. The molecule has 0 saturated carbocycles. The molecule has 15 heavy (non-hydrogen) atoms. The summed E-state index contributed by atoms with van der Waals surface area (Å²) in [6, 6.07) is 5.02. The lowest BCUT2D eigenvalue weighted by Gasteiger charge is -2.07. The zero-order chi connectivity index (χ0) is 11.3. The second kappa shape index (κ2) is 5.61. The zero-order valence-corrected chi connectivity index (χ0v) is 9.47. The van der Waals surface area contributed by atoms with Gasteiger partial charge in [-0.1, -0.05) is 24.9 Å². The predicted octanol–water partition coefficient (Wildman–Crippen LogP) is 3.05. The van der Waals surface area contributed by atoms with Crippen molar-refractivity contribution in [1.29, 1.82) is 0 Å².